The summed E-state index contributed by atoms with van der Waals surface area (Å²) in [5.74, 6) is 0. The van der Waals surface area contributed by atoms with Gasteiger partial charge in [-0.3, -0.25) is 0 Å². The van der Waals surface area contributed by atoms with Gasteiger partial charge in [0.05, 0.1) is 0 Å². The molecule has 0 heteroatoms. The summed E-state index contributed by atoms with van der Waals surface area (Å²) in [4.78, 5) is 0. The second-order valence-corrected chi connectivity index (χ2v) is 5.12. The van der Waals surface area contributed by atoms with Crippen LogP contribution in [0.25, 0.3) is 5.57 Å². The van der Waals surface area contributed by atoms with Crippen LogP contribution in [0.15, 0.2) is 42.0 Å². The average Bonchev–Trinajstić information content (AvgIpc) is 2.32. The van der Waals surface area contributed by atoms with Gasteiger partial charge in [0.15, 0.2) is 0 Å². The summed E-state index contributed by atoms with van der Waals surface area (Å²) >= 11 is 0. The number of hydrogen-bond acceptors (Lipinski definition) is 0. The fourth-order valence-electron chi connectivity index (χ4n) is 2.45. The molecule has 0 nitrogen and oxygen atoms in total. The molecule has 0 spiro atoms. The van der Waals surface area contributed by atoms with Crippen molar-refractivity contribution in [1.29, 1.82) is 0 Å². The largest absolute Gasteiger partial charge is 0.0955 e. The van der Waals surface area contributed by atoms with Crippen LogP contribution in [0.3, 0.4) is 0 Å². The molecule has 18 heavy (non-hydrogen) atoms. The predicted molar refractivity (Wildman–Crippen MR) is 82.7 cm³/mol. The van der Waals surface area contributed by atoms with E-state index in [-0.39, 0.29) is 0 Å². The van der Waals surface area contributed by atoms with Gasteiger partial charge in [-0.05, 0) is 37.8 Å². The fourth-order valence-corrected chi connectivity index (χ4v) is 2.45. The molecule has 0 aromatic heterocycles. The standard InChI is InChI=1S/C18H26/c1-6-8-16(9-7-2)18(14(3)4)17-12-10-15(5)11-13-17/h10-13H,3,6-9H2,1-2,4-5H3. The average molecular weight is 242 g/mol. The summed E-state index contributed by atoms with van der Waals surface area (Å²) in [6.45, 7) is 12.9. The lowest BCUT2D eigenvalue weighted by Gasteiger charge is -2.16. The maximum atomic E-state index is 4.18. The molecular weight excluding hydrogens is 216 g/mol. The van der Waals surface area contributed by atoms with Crippen LogP contribution >= 0.6 is 0 Å². The smallest absolute Gasteiger partial charge is 0.0169 e. The zero-order valence-electron chi connectivity index (χ0n) is 12.3. The Morgan fingerprint density at radius 3 is 1.89 bits per heavy atom. The third kappa shape index (κ3) is 3.87. The highest BCUT2D eigenvalue weighted by Gasteiger charge is 2.09. The molecule has 98 valence electrons. The van der Waals surface area contributed by atoms with Gasteiger partial charge in [0, 0.05) is 0 Å². The molecule has 0 heterocycles. The van der Waals surface area contributed by atoms with Gasteiger partial charge in [-0.2, -0.15) is 0 Å². The first kappa shape index (κ1) is 14.8. The molecule has 0 N–H and O–H groups in total. The van der Waals surface area contributed by atoms with Crippen LogP contribution in [0.4, 0.5) is 0 Å². The normalized spacial score (nSPS) is 10.2. The molecule has 0 saturated heterocycles. The first-order chi connectivity index (χ1) is 8.60. The zero-order chi connectivity index (χ0) is 13.5. The van der Waals surface area contributed by atoms with Crippen LogP contribution in [-0.4, -0.2) is 0 Å². The number of aryl methyl sites for hydroxylation is 1. The van der Waals surface area contributed by atoms with Gasteiger partial charge in [0.2, 0.25) is 0 Å². The molecule has 0 unspecified atom stereocenters. The quantitative estimate of drug-likeness (QED) is 0.543. The maximum Gasteiger partial charge on any atom is -0.0169 e. The zero-order valence-corrected chi connectivity index (χ0v) is 12.3. The van der Waals surface area contributed by atoms with Crippen LogP contribution in [0.5, 0.6) is 0 Å². The first-order valence-corrected chi connectivity index (χ1v) is 7.05. The molecule has 0 fully saturated rings. The Kier molecular flexibility index (Phi) is 5.91. The van der Waals surface area contributed by atoms with E-state index in [9.17, 15) is 0 Å². The maximum absolute atomic E-state index is 4.18. The van der Waals surface area contributed by atoms with Gasteiger partial charge in [-0.25, -0.2) is 0 Å². The highest BCUT2D eigenvalue weighted by molar-refractivity contribution is 5.80. The van der Waals surface area contributed by atoms with Crippen molar-refractivity contribution in [2.75, 3.05) is 0 Å². The summed E-state index contributed by atoms with van der Waals surface area (Å²) in [5.41, 5.74) is 6.78. The molecule has 0 bridgehead atoms. The van der Waals surface area contributed by atoms with Crippen LogP contribution in [-0.2, 0) is 0 Å². The van der Waals surface area contributed by atoms with Crippen molar-refractivity contribution < 1.29 is 0 Å². The van der Waals surface area contributed by atoms with E-state index in [0.717, 1.165) is 0 Å². The first-order valence-electron chi connectivity index (χ1n) is 7.05. The van der Waals surface area contributed by atoms with Crippen molar-refractivity contribution in [1.82, 2.24) is 0 Å². The minimum Gasteiger partial charge on any atom is -0.0955 e. The van der Waals surface area contributed by atoms with Crippen LogP contribution in [0.1, 0.15) is 57.6 Å². The molecule has 0 aliphatic carbocycles. The molecule has 0 saturated carbocycles. The molecule has 1 aromatic rings. The van der Waals surface area contributed by atoms with E-state index in [4.69, 9.17) is 0 Å². The topological polar surface area (TPSA) is 0 Å². The van der Waals surface area contributed by atoms with Gasteiger partial charge < -0.3 is 0 Å². The number of hydrogen-bond donors (Lipinski definition) is 0. The van der Waals surface area contributed by atoms with E-state index >= 15 is 0 Å². The summed E-state index contributed by atoms with van der Waals surface area (Å²) in [6.07, 6.45) is 4.78. The highest BCUT2D eigenvalue weighted by atomic mass is 14.1. The van der Waals surface area contributed by atoms with Gasteiger partial charge in [-0.1, -0.05) is 74.2 Å². The monoisotopic (exact) mass is 242 g/mol. The Morgan fingerprint density at radius 1 is 1.00 bits per heavy atom. The van der Waals surface area contributed by atoms with Crippen molar-refractivity contribution >= 4 is 5.57 Å². The lowest BCUT2D eigenvalue weighted by molar-refractivity contribution is 0.806. The van der Waals surface area contributed by atoms with E-state index in [1.807, 2.05) is 0 Å². The van der Waals surface area contributed by atoms with Crippen molar-refractivity contribution in [2.45, 2.75) is 53.4 Å². The van der Waals surface area contributed by atoms with Crippen molar-refractivity contribution in [2.24, 2.45) is 0 Å². The summed E-state index contributed by atoms with van der Waals surface area (Å²) < 4.78 is 0. The summed E-state index contributed by atoms with van der Waals surface area (Å²) in [6, 6.07) is 8.83. The summed E-state index contributed by atoms with van der Waals surface area (Å²) in [5, 5.41) is 0. The van der Waals surface area contributed by atoms with Crippen LogP contribution in [0, 0.1) is 6.92 Å². The van der Waals surface area contributed by atoms with E-state index in [2.05, 4.69) is 58.5 Å². The predicted octanol–water partition coefficient (Wildman–Crippen LogP) is 5.92. The molecule has 0 radical (unpaired) electrons. The Hall–Kier alpha value is -1.30. The molecule has 1 aromatic carbocycles. The third-order valence-electron chi connectivity index (χ3n) is 3.22. The van der Waals surface area contributed by atoms with Crippen LogP contribution < -0.4 is 0 Å². The number of rotatable bonds is 6. The lowest BCUT2D eigenvalue weighted by Crippen LogP contribution is -1.94. The Balaban J connectivity index is 3.24. The number of benzene rings is 1. The van der Waals surface area contributed by atoms with Gasteiger partial charge in [-0.15, -0.1) is 0 Å². The van der Waals surface area contributed by atoms with Gasteiger partial charge in [0.25, 0.3) is 0 Å². The van der Waals surface area contributed by atoms with Crippen molar-refractivity contribution in [3.63, 3.8) is 0 Å². The SMILES string of the molecule is C=C(C)C(=C(CCC)CCC)c1ccc(C)cc1. The van der Waals surface area contributed by atoms with E-state index in [1.165, 1.54) is 48.0 Å². The second-order valence-electron chi connectivity index (χ2n) is 5.12. The minimum absolute atomic E-state index is 1.18. The van der Waals surface area contributed by atoms with Crippen LogP contribution in [0.2, 0.25) is 0 Å². The minimum atomic E-state index is 1.18. The van der Waals surface area contributed by atoms with E-state index < -0.39 is 0 Å². The highest BCUT2D eigenvalue weighted by Crippen LogP contribution is 2.30. The van der Waals surface area contributed by atoms with E-state index in [1.54, 1.807) is 5.57 Å². The van der Waals surface area contributed by atoms with Gasteiger partial charge in [0.1, 0.15) is 0 Å². The lowest BCUT2D eigenvalue weighted by atomic mass is 9.90. The molecule has 1 rings (SSSR count). The summed E-state index contributed by atoms with van der Waals surface area (Å²) in [7, 11) is 0. The van der Waals surface area contributed by atoms with Gasteiger partial charge >= 0.3 is 0 Å². The number of allylic oxidation sites excluding steroid dienone is 3. The second kappa shape index (κ2) is 7.20. The Labute approximate surface area is 112 Å². The Bertz CT molecular complexity index is 410. The molecule has 0 atom stereocenters. The molecule has 0 aliphatic heterocycles. The third-order valence-corrected chi connectivity index (χ3v) is 3.22. The van der Waals surface area contributed by atoms with Crippen molar-refractivity contribution in [3.8, 4) is 0 Å². The molecule has 0 aliphatic rings. The molecule has 0 amide bonds. The van der Waals surface area contributed by atoms with E-state index in [0.29, 0.717) is 0 Å². The fraction of sp³-hybridized carbons (Fsp3) is 0.444. The Morgan fingerprint density at radius 2 is 1.50 bits per heavy atom. The van der Waals surface area contributed by atoms with Crippen molar-refractivity contribution in [3.05, 3.63) is 53.1 Å². The molecular formula is C18H26.